The molecule has 0 saturated carbocycles. The molecule has 0 spiro atoms. The zero-order valence-electron chi connectivity index (χ0n) is 11.7. The van der Waals surface area contributed by atoms with Crippen LogP contribution in [0.5, 0.6) is 11.5 Å². The van der Waals surface area contributed by atoms with Crippen molar-refractivity contribution in [1.29, 1.82) is 0 Å². The van der Waals surface area contributed by atoms with Gasteiger partial charge in [-0.3, -0.25) is 9.69 Å². The SMILES string of the molecule is CC(c1cc(O)cc(O)c1)N(CC(=O)O)C(C)(C)C. The highest BCUT2D eigenvalue weighted by Gasteiger charge is 2.29. The van der Waals surface area contributed by atoms with E-state index in [0.717, 1.165) is 0 Å². The molecule has 0 aromatic heterocycles. The Bertz CT molecular complexity index is 445. The number of hydrogen-bond donors (Lipinski definition) is 3. The first-order valence-electron chi connectivity index (χ1n) is 6.12. The molecule has 0 radical (unpaired) electrons. The van der Waals surface area contributed by atoms with Gasteiger partial charge in [0.2, 0.25) is 0 Å². The van der Waals surface area contributed by atoms with Crippen LogP contribution in [0, 0.1) is 0 Å². The fourth-order valence-corrected chi connectivity index (χ4v) is 2.14. The third kappa shape index (κ3) is 4.13. The number of carboxylic acid groups (broad SMARTS) is 1. The largest absolute Gasteiger partial charge is 0.508 e. The number of rotatable bonds is 4. The molecule has 0 fully saturated rings. The lowest BCUT2D eigenvalue weighted by Gasteiger charge is -2.39. The van der Waals surface area contributed by atoms with Gasteiger partial charge in [-0.2, -0.15) is 0 Å². The fourth-order valence-electron chi connectivity index (χ4n) is 2.14. The lowest BCUT2D eigenvalue weighted by Crippen LogP contribution is -2.45. The summed E-state index contributed by atoms with van der Waals surface area (Å²) in [5.41, 5.74) is 0.326. The number of aromatic hydroxyl groups is 2. The van der Waals surface area contributed by atoms with Gasteiger partial charge >= 0.3 is 5.97 Å². The van der Waals surface area contributed by atoms with Crippen LogP contribution in [0.1, 0.15) is 39.3 Å². The fraction of sp³-hybridized carbons (Fsp3) is 0.500. The van der Waals surface area contributed by atoms with E-state index in [1.165, 1.54) is 18.2 Å². The molecular weight excluding hydrogens is 246 g/mol. The van der Waals surface area contributed by atoms with Crippen LogP contribution in [-0.4, -0.2) is 38.3 Å². The minimum atomic E-state index is -0.911. The van der Waals surface area contributed by atoms with Crippen molar-refractivity contribution in [3.8, 4) is 11.5 Å². The van der Waals surface area contributed by atoms with E-state index >= 15 is 0 Å². The summed E-state index contributed by atoms with van der Waals surface area (Å²) in [4.78, 5) is 12.8. The zero-order valence-corrected chi connectivity index (χ0v) is 11.7. The maximum atomic E-state index is 11.0. The molecule has 0 bridgehead atoms. The van der Waals surface area contributed by atoms with Crippen molar-refractivity contribution in [2.75, 3.05) is 6.54 Å². The average molecular weight is 267 g/mol. The molecule has 0 saturated heterocycles. The molecule has 0 aliphatic rings. The van der Waals surface area contributed by atoms with Crippen LogP contribution >= 0.6 is 0 Å². The maximum Gasteiger partial charge on any atom is 0.317 e. The van der Waals surface area contributed by atoms with Crippen LogP contribution in [0.25, 0.3) is 0 Å². The van der Waals surface area contributed by atoms with Gasteiger partial charge in [-0.15, -0.1) is 0 Å². The summed E-state index contributed by atoms with van der Waals surface area (Å²) in [6.07, 6.45) is 0. The van der Waals surface area contributed by atoms with E-state index < -0.39 is 5.97 Å². The number of benzene rings is 1. The van der Waals surface area contributed by atoms with E-state index in [9.17, 15) is 15.0 Å². The number of carboxylic acids is 1. The first kappa shape index (κ1) is 15.3. The molecule has 1 unspecified atom stereocenters. The van der Waals surface area contributed by atoms with Crippen LogP contribution < -0.4 is 0 Å². The molecule has 0 amide bonds. The second-order valence-corrected chi connectivity index (χ2v) is 5.65. The van der Waals surface area contributed by atoms with Gasteiger partial charge in [0.05, 0.1) is 6.54 Å². The number of phenols is 2. The van der Waals surface area contributed by atoms with Crippen LogP contribution in [0.3, 0.4) is 0 Å². The van der Waals surface area contributed by atoms with E-state index in [1.807, 2.05) is 27.7 Å². The van der Waals surface area contributed by atoms with Crippen molar-refractivity contribution in [2.24, 2.45) is 0 Å². The molecule has 1 atom stereocenters. The quantitative estimate of drug-likeness (QED) is 0.780. The summed E-state index contributed by atoms with van der Waals surface area (Å²) < 4.78 is 0. The van der Waals surface area contributed by atoms with Crippen molar-refractivity contribution in [3.05, 3.63) is 23.8 Å². The summed E-state index contributed by atoms with van der Waals surface area (Å²) in [6.45, 7) is 7.52. The van der Waals surface area contributed by atoms with Crippen LogP contribution in [-0.2, 0) is 4.79 Å². The topological polar surface area (TPSA) is 81.0 Å². The van der Waals surface area contributed by atoms with E-state index in [2.05, 4.69) is 0 Å². The molecule has 106 valence electrons. The van der Waals surface area contributed by atoms with E-state index in [0.29, 0.717) is 5.56 Å². The predicted molar refractivity (Wildman–Crippen MR) is 72.3 cm³/mol. The lowest BCUT2D eigenvalue weighted by molar-refractivity contribution is -0.140. The highest BCUT2D eigenvalue weighted by Crippen LogP contribution is 2.31. The van der Waals surface area contributed by atoms with Gasteiger partial charge in [0, 0.05) is 17.6 Å². The number of carbonyl (C=O) groups is 1. The Balaban J connectivity index is 3.11. The monoisotopic (exact) mass is 267 g/mol. The van der Waals surface area contributed by atoms with Gasteiger partial charge in [0.15, 0.2) is 0 Å². The number of aliphatic carboxylic acids is 1. The molecule has 1 aromatic rings. The number of hydrogen-bond acceptors (Lipinski definition) is 4. The van der Waals surface area contributed by atoms with Crippen molar-refractivity contribution >= 4 is 5.97 Å². The molecule has 1 aromatic carbocycles. The Morgan fingerprint density at radius 3 is 2.05 bits per heavy atom. The molecule has 1 rings (SSSR count). The van der Waals surface area contributed by atoms with Crippen molar-refractivity contribution in [3.63, 3.8) is 0 Å². The molecule has 3 N–H and O–H groups in total. The molecular formula is C14H21NO4. The van der Waals surface area contributed by atoms with Gasteiger partial charge in [-0.1, -0.05) is 0 Å². The molecule has 5 heteroatoms. The van der Waals surface area contributed by atoms with Crippen LogP contribution in [0.2, 0.25) is 0 Å². The summed E-state index contributed by atoms with van der Waals surface area (Å²) in [6, 6.07) is 4.07. The van der Waals surface area contributed by atoms with E-state index in [-0.39, 0.29) is 29.6 Å². The second-order valence-electron chi connectivity index (χ2n) is 5.65. The van der Waals surface area contributed by atoms with Crippen LogP contribution in [0.15, 0.2) is 18.2 Å². The number of phenolic OH excluding ortho intramolecular Hbond substituents is 2. The molecule has 0 aliphatic heterocycles. The Morgan fingerprint density at radius 2 is 1.68 bits per heavy atom. The van der Waals surface area contributed by atoms with Crippen molar-refractivity contribution in [1.82, 2.24) is 4.90 Å². The van der Waals surface area contributed by atoms with Gasteiger partial charge in [0.1, 0.15) is 11.5 Å². The van der Waals surface area contributed by atoms with Gasteiger partial charge in [0.25, 0.3) is 0 Å². The van der Waals surface area contributed by atoms with Crippen molar-refractivity contribution < 1.29 is 20.1 Å². The summed E-state index contributed by atoms with van der Waals surface area (Å²) in [5.74, 6) is -0.983. The highest BCUT2D eigenvalue weighted by atomic mass is 16.4. The normalized spacial score (nSPS) is 13.5. The van der Waals surface area contributed by atoms with E-state index in [1.54, 1.807) is 4.90 Å². The summed E-state index contributed by atoms with van der Waals surface area (Å²) in [7, 11) is 0. The Morgan fingerprint density at radius 1 is 1.21 bits per heavy atom. The third-order valence-electron chi connectivity index (χ3n) is 3.04. The smallest absolute Gasteiger partial charge is 0.317 e. The molecule has 0 heterocycles. The third-order valence-corrected chi connectivity index (χ3v) is 3.04. The van der Waals surface area contributed by atoms with E-state index in [4.69, 9.17) is 5.11 Å². The Kier molecular flexibility index (Phi) is 4.42. The average Bonchev–Trinajstić information content (AvgIpc) is 2.21. The highest BCUT2D eigenvalue weighted by molar-refractivity contribution is 5.69. The summed E-state index contributed by atoms with van der Waals surface area (Å²) >= 11 is 0. The van der Waals surface area contributed by atoms with Gasteiger partial charge < -0.3 is 15.3 Å². The molecule has 19 heavy (non-hydrogen) atoms. The first-order valence-corrected chi connectivity index (χ1v) is 6.12. The van der Waals surface area contributed by atoms with Crippen LogP contribution in [0.4, 0.5) is 0 Å². The second kappa shape index (κ2) is 5.48. The number of nitrogens with zero attached hydrogens (tertiary/aromatic N) is 1. The van der Waals surface area contributed by atoms with Gasteiger partial charge in [-0.25, -0.2) is 0 Å². The minimum Gasteiger partial charge on any atom is -0.508 e. The van der Waals surface area contributed by atoms with Gasteiger partial charge in [-0.05, 0) is 45.4 Å². The zero-order chi connectivity index (χ0) is 14.8. The maximum absolute atomic E-state index is 11.0. The predicted octanol–water partition coefficient (Wildman–Crippen LogP) is 2.34. The molecule has 5 nitrogen and oxygen atoms in total. The lowest BCUT2D eigenvalue weighted by atomic mass is 9.98. The Labute approximate surface area is 113 Å². The Hall–Kier alpha value is -1.75. The summed E-state index contributed by atoms with van der Waals surface area (Å²) in [5, 5.41) is 28.0. The minimum absolute atomic E-state index is 0.0361. The van der Waals surface area contributed by atoms with Crippen molar-refractivity contribution in [2.45, 2.75) is 39.3 Å². The molecule has 0 aliphatic carbocycles. The standard InChI is InChI=1S/C14H21NO4/c1-9(10-5-11(16)7-12(17)6-10)15(8-13(18)19)14(2,3)4/h5-7,9,16-17H,8H2,1-4H3,(H,18,19). The first-order chi connectivity index (χ1) is 8.61.